The summed E-state index contributed by atoms with van der Waals surface area (Å²) in [4.78, 5) is 0. The zero-order valence-electron chi connectivity index (χ0n) is 5.13. The molecule has 0 saturated carbocycles. The van der Waals surface area contributed by atoms with Gasteiger partial charge in [0.05, 0.1) is 5.60 Å². The molecule has 0 aliphatic rings. The highest BCUT2D eigenvalue weighted by atomic mass is 16.3. The summed E-state index contributed by atoms with van der Waals surface area (Å²) in [6.45, 7) is 7.90. The van der Waals surface area contributed by atoms with Crippen molar-refractivity contribution >= 4 is 0 Å². The third-order valence-electron chi connectivity index (χ3n) is 0.906. The van der Waals surface area contributed by atoms with Crippen LogP contribution >= 0.6 is 0 Å². The molecule has 0 aromatic carbocycles. The van der Waals surface area contributed by atoms with Gasteiger partial charge in [0.2, 0.25) is 0 Å². The monoisotopic (exact) mass is 115 g/mol. The summed E-state index contributed by atoms with van der Waals surface area (Å²) in [6, 6.07) is 0. The zero-order valence-corrected chi connectivity index (χ0v) is 5.13. The SMILES string of the molecule is [CH]=CC(O)C(C)(C)O. The van der Waals surface area contributed by atoms with Crippen LogP contribution in [0.15, 0.2) is 6.08 Å². The number of hydrogen-bond acceptors (Lipinski definition) is 2. The summed E-state index contributed by atoms with van der Waals surface area (Å²) >= 11 is 0. The molecule has 2 N–H and O–H groups in total. The van der Waals surface area contributed by atoms with Gasteiger partial charge in [-0.15, -0.1) is 0 Å². The van der Waals surface area contributed by atoms with Crippen molar-refractivity contribution in [1.82, 2.24) is 0 Å². The highest BCUT2D eigenvalue weighted by Crippen LogP contribution is 2.07. The van der Waals surface area contributed by atoms with Gasteiger partial charge in [0.25, 0.3) is 0 Å². The standard InChI is InChI=1S/C6H11O2/c1-4-5(7)6(2,3)8/h1,4-5,7-8H,2-3H3. The lowest BCUT2D eigenvalue weighted by molar-refractivity contribution is -0.0225. The molecule has 0 saturated heterocycles. The van der Waals surface area contributed by atoms with E-state index in [9.17, 15) is 0 Å². The number of hydrogen-bond donors (Lipinski definition) is 2. The van der Waals surface area contributed by atoms with Gasteiger partial charge in [-0.25, -0.2) is 0 Å². The third-order valence-corrected chi connectivity index (χ3v) is 0.906. The predicted octanol–water partition coefficient (Wildman–Crippen LogP) is 0.107. The maximum Gasteiger partial charge on any atom is 0.101 e. The second kappa shape index (κ2) is 2.29. The smallest absolute Gasteiger partial charge is 0.101 e. The molecule has 0 bridgehead atoms. The van der Waals surface area contributed by atoms with Crippen molar-refractivity contribution in [3.05, 3.63) is 12.7 Å². The lowest BCUT2D eigenvalue weighted by atomic mass is 10.0. The molecule has 0 spiro atoms. The molecule has 1 atom stereocenters. The first-order valence-corrected chi connectivity index (χ1v) is 2.44. The van der Waals surface area contributed by atoms with Gasteiger partial charge < -0.3 is 10.2 Å². The van der Waals surface area contributed by atoms with Crippen LogP contribution in [-0.4, -0.2) is 21.9 Å². The third kappa shape index (κ3) is 2.09. The van der Waals surface area contributed by atoms with Crippen LogP contribution in [0.25, 0.3) is 0 Å². The van der Waals surface area contributed by atoms with E-state index < -0.39 is 11.7 Å². The second-order valence-corrected chi connectivity index (χ2v) is 2.29. The van der Waals surface area contributed by atoms with E-state index in [4.69, 9.17) is 16.8 Å². The zero-order chi connectivity index (χ0) is 6.78. The summed E-state index contributed by atoms with van der Waals surface area (Å²) in [5, 5.41) is 17.7. The summed E-state index contributed by atoms with van der Waals surface area (Å²) in [7, 11) is 0. The number of aliphatic hydroxyl groups is 2. The lowest BCUT2D eigenvalue weighted by Crippen LogP contribution is -2.33. The molecule has 1 unspecified atom stereocenters. The highest BCUT2D eigenvalue weighted by Gasteiger charge is 2.20. The molecule has 0 aromatic heterocycles. The largest absolute Gasteiger partial charge is 0.387 e. The van der Waals surface area contributed by atoms with Crippen LogP contribution in [0.2, 0.25) is 0 Å². The van der Waals surface area contributed by atoms with E-state index in [0.29, 0.717) is 0 Å². The normalized spacial score (nSPS) is 15.5. The maximum atomic E-state index is 8.92. The van der Waals surface area contributed by atoms with Crippen molar-refractivity contribution in [2.75, 3.05) is 0 Å². The fourth-order valence-corrected chi connectivity index (χ4v) is 0.235. The molecular formula is C6H11O2. The number of aliphatic hydroxyl groups excluding tert-OH is 1. The van der Waals surface area contributed by atoms with E-state index in [0.717, 1.165) is 6.08 Å². The van der Waals surface area contributed by atoms with Gasteiger partial charge in [0.15, 0.2) is 0 Å². The molecule has 0 rings (SSSR count). The minimum absolute atomic E-state index is 0.942. The minimum Gasteiger partial charge on any atom is -0.387 e. The summed E-state index contributed by atoms with van der Waals surface area (Å²) in [6.07, 6.45) is 0.113. The molecule has 1 radical (unpaired) electrons. The van der Waals surface area contributed by atoms with Crippen LogP contribution in [0.4, 0.5) is 0 Å². The van der Waals surface area contributed by atoms with E-state index in [2.05, 4.69) is 0 Å². The Bertz CT molecular complexity index is 81.0. The van der Waals surface area contributed by atoms with Gasteiger partial charge in [0, 0.05) is 0 Å². The van der Waals surface area contributed by atoms with E-state index >= 15 is 0 Å². The van der Waals surface area contributed by atoms with E-state index in [1.54, 1.807) is 0 Å². The quantitative estimate of drug-likeness (QED) is 0.536. The van der Waals surface area contributed by atoms with Crippen molar-refractivity contribution in [3.63, 3.8) is 0 Å². The maximum absolute atomic E-state index is 8.92. The molecule has 8 heavy (non-hydrogen) atoms. The van der Waals surface area contributed by atoms with E-state index in [1.807, 2.05) is 0 Å². The number of rotatable bonds is 2. The summed E-state index contributed by atoms with van der Waals surface area (Å²) in [5.74, 6) is 0. The molecule has 2 heteroatoms. The van der Waals surface area contributed by atoms with E-state index in [-0.39, 0.29) is 0 Å². The van der Waals surface area contributed by atoms with Gasteiger partial charge in [-0.05, 0) is 13.8 Å². The Morgan fingerprint density at radius 2 is 2.00 bits per heavy atom. The molecule has 0 fully saturated rings. The van der Waals surface area contributed by atoms with Crippen LogP contribution in [0.3, 0.4) is 0 Å². The Labute approximate surface area is 49.5 Å². The Kier molecular flexibility index (Phi) is 2.19. The van der Waals surface area contributed by atoms with Crippen LogP contribution in [0.5, 0.6) is 0 Å². The topological polar surface area (TPSA) is 40.5 Å². The van der Waals surface area contributed by atoms with Crippen LogP contribution in [0.1, 0.15) is 13.8 Å². The first kappa shape index (κ1) is 7.66. The second-order valence-electron chi connectivity index (χ2n) is 2.29. The van der Waals surface area contributed by atoms with Crippen LogP contribution in [-0.2, 0) is 0 Å². The summed E-state index contributed by atoms with van der Waals surface area (Å²) < 4.78 is 0. The van der Waals surface area contributed by atoms with Crippen molar-refractivity contribution in [1.29, 1.82) is 0 Å². The van der Waals surface area contributed by atoms with Gasteiger partial charge in [-0.3, -0.25) is 0 Å². The highest BCUT2D eigenvalue weighted by molar-refractivity contribution is 4.88. The van der Waals surface area contributed by atoms with E-state index in [1.165, 1.54) is 13.8 Å². The van der Waals surface area contributed by atoms with Crippen LogP contribution < -0.4 is 0 Å². The van der Waals surface area contributed by atoms with Gasteiger partial charge in [-0.2, -0.15) is 0 Å². The average Bonchev–Trinajstić information content (AvgIpc) is 1.62. The van der Waals surface area contributed by atoms with Gasteiger partial charge >= 0.3 is 0 Å². The van der Waals surface area contributed by atoms with Crippen molar-refractivity contribution in [3.8, 4) is 0 Å². The molecule has 47 valence electrons. The Morgan fingerprint density at radius 3 is 2.00 bits per heavy atom. The Balaban J connectivity index is 3.80. The molecule has 0 heterocycles. The molecule has 0 amide bonds. The molecule has 2 nitrogen and oxygen atoms in total. The Morgan fingerprint density at radius 1 is 1.62 bits per heavy atom. The van der Waals surface area contributed by atoms with Gasteiger partial charge in [-0.1, -0.05) is 12.7 Å². The fraction of sp³-hybridized carbons (Fsp3) is 0.667. The lowest BCUT2D eigenvalue weighted by Gasteiger charge is -2.20. The first-order chi connectivity index (χ1) is 3.48. The minimum atomic E-state index is -1.12. The molecule has 0 aliphatic heterocycles. The first-order valence-electron chi connectivity index (χ1n) is 2.44. The Hall–Kier alpha value is -0.340. The predicted molar refractivity (Wildman–Crippen MR) is 31.2 cm³/mol. The van der Waals surface area contributed by atoms with Crippen molar-refractivity contribution in [2.45, 2.75) is 25.6 Å². The van der Waals surface area contributed by atoms with Crippen LogP contribution in [0, 0.1) is 6.58 Å². The van der Waals surface area contributed by atoms with Crippen molar-refractivity contribution in [2.24, 2.45) is 0 Å². The fourth-order valence-electron chi connectivity index (χ4n) is 0.235. The molecule has 0 aromatic rings. The van der Waals surface area contributed by atoms with Gasteiger partial charge in [0.1, 0.15) is 6.10 Å². The van der Waals surface area contributed by atoms with Crippen molar-refractivity contribution < 1.29 is 10.2 Å². The summed E-state index contributed by atoms with van der Waals surface area (Å²) in [5.41, 5.74) is -1.12. The average molecular weight is 115 g/mol. The molecule has 0 aliphatic carbocycles. The molecular weight excluding hydrogens is 104 g/mol.